The summed E-state index contributed by atoms with van der Waals surface area (Å²) in [5, 5.41) is 7.78. The molecule has 3 heterocycles. The highest BCUT2D eigenvalue weighted by Gasteiger charge is 2.24. The highest BCUT2D eigenvalue weighted by molar-refractivity contribution is 6.14. The SMILES string of the molecule is CNC(C)C(=O)N(C=O)c1cc2[nH]c(C(=O)c3cnn(-c4cnc(Oc5c(F)cccc5F)cc4C)c3N)cc2cc1C. The minimum atomic E-state index is -0.871. The van der Waals surface area contributed by atoms with Crippen molar-refractivity contribution in [1.82, 2.24) is 25.1 Å². The van der Waals surface area contributed by atoms with Gasteiger partial charge in [-0.1, -0.05) is 6.07 Å². The highest BCUT2D eigenvalue weighted by atomic mass is 19.1. The number of likely N-dealkylation sites (N-methyl/N-ethyl adjacent to an activating group) is 1. The summed E-state index contributed by atoms with van der Waals surface area (Å²) in [6.07, 6.45) is 3.15. The number of benzene rings is 2. The Morgan fingerprint density at radius 1 is 1.12 bits per heavy atom. The van der Waals surface area contributed by atoms with Crippen molar-refractivity contribution >= 4 is 40.5 Å². The fraction of sp³-hybridized carbons (Fsp3) is 0.167. The lowest BCUT2D eigenvalue weighted by Crippen LogP contribution is -2.43. The Kier molecular flexibility index (Phi) is 7.74. The number of ether oxygens (including phenoxy) is 1. The van der Waals surface area contributed by atoms with Crippen LogP contribution in [0.5, 0.6) is 11.6 Å². The van der Waals surface area contributed by atoms with Gasteiger partial charge in [-0.15, -0.1) is 0 Å². The number of amides is 2. The number of H-pyrrole nitrogens is 1. The number of halogens is 2. The average molecular weight is 588 g/mol. The van der Waals surface area contributed by atoms with Crippen molar-refractivity contribution in [1.29, 1.82) is 0 Å². The van der Waals surface area contributed by atoms with E-state index in [2.05, 4.69) is 20.4 Å². The number of ketones is 1. The average Bonchev–Trinajstić information content (AvgIpc) is 3.57. The first kappa shape index (κ1) is 29.1. The first-order valence-electron chi connectivity index (χ1n) is 13.1. The van der Waals surface area contributed by atoms with E-state index in [9.17, 15) is 23.2 Å². The monoisotopic (exact) mass is 587 g/mol. The highest BCUT2D eigenvalue weighted by Crippen LogP contribution is 2.31. The maximum absolute atomic E-state index is 14.0. The Balaban J connectivity index is 1.43. The number of nitrogens with two attached hydrogens (primary N) is 1. The molecule has 5 rings (SSSR count). The molecule has 220 valence electrons. The summed E-state index contributed by atoms with van der Waals surface area (Å²) >= 11 is 0. The lowest BCUT2D eigenvalue weighted by Gasteiger charge is -2.21. The van der Waals surface area contributed by atoms with Crippen LogP contribution < -0.4 is 20.7 Å². The number of carbonyl (C=O) groups excluding carboxylic acids is 3. The van der Waals surface area contributed by atoms with Crippen molar-refractivity contribution in [2.45, 2.75) is 26.8 Å². The third-order valence-electron chi connectivity index (χ3n) is 7.05. The van der Waals surface area contributed by atoms with Crippen LogP contribution in [0.15, 0.2) is 54.9 Å². The third kappa shape index (κ3) is 5.33. The van der Waals surface area contributed by atoms with Crippen LogP contribution in [0.3, 0.4) is 0 Å². The van der Waals surface area contributed by atoms with Gasteiger partial charge in [0.2, 0.25) is 29.7 Å². The number of fused-ring (bicyclic) bond motifs is 1. The van der Waals surface area contributed by atoms with E-state index in [0.29, 0.717) is 39.8 Å². The summed E-state index contributed by atoms with van der Waals surface area (Å²) < 4.78 is 34.6. The van der Waals surface area contributed by atoms with Crippen LogP contribution in [0.1, 0.15) is 34.1 Å². The van der Waals surface area contributed by atoms with Gasteiger partial charge in [-0.25, -0.2) is 18.4 Å². The molecule has 0 fully saturated rings. The Morgan fingerprint density at radius 3 is 2.49 bits per heavy atom. The van der Waals surface area contributed by atoms with Gasteiger partial charge >= 0.3 is 0 Å². The van der Waals surface area contributed by atoms with Crippen LogP contribution in [-0.2, 0) is 9.59 Å². The molecule has 0 aliphatic carbocycles. The van der Waals surface area contributed by atoms with Crippen LogP contribution in [0, 0.1) is 25.5 Å². The van der Waals surface area contributed by atoms with E-state index in [4.69, 9.17) is 10.5 Å². The lowest BCUT2D eigenvalue weighted by atomic mass is 10.1. The molecule has 11 nitrogen and oxygen atoms in total. The second-order valence-corrected chi connectivity index (χ2v) is 9.88. The normalized spacial score (nSPS) is 11.9. The number of nitrogens with one attached hydrogen (secondary N) is 2. The molecular formula is C30H27F2N7O4. The standard InChI is InChI=1S/C30H27F2N7O4/c1-15-8-18-10-23(37-22(18)11-24(15)38(14-40)30(42)17(3)34-4)27(41)19-12-36-39(29(19)33)25-13-35-26(9-16(25)2)43-28-20(31)6-5-7-21(28)32/h5-14,17,34,37H,33H2,1-4H3. The fourth-order valence-electron chi connectivity index (χ4n) is 4.58. The van der Waals surface area contributed by atoms with Gasteiger partial charge < -0.3 is 20.8 Å². The van der Waals surface area contributed by atoms with E-state index in [-0.39, 0.29) is 23.0 Å². The van der Waals surface area contributed by atoms with Crippen LogP contribution in [0.2, 0.25) is 0 Å². The number of para-hydroxylation sites is 1. The summed E-state index contributed by atoms with van der Waals surface area (Å²) in [5.74, 6) is -3.19. The van der Waals surface area contributed by atoms with Gasteiger partial charge in [0.05, 0.1) is 41.1 Å². The number of carbonyl (C=O) groups is 3. The Bertz CT molecular complexity index is 1880. The van der Waals surface area contributed by atoms with Gasteiger partial charge in [-0.05, 0) is 69.3 Å². The van der Waals surface area contributed by atoms with Crippen molar-refractivity contribution in [2.24, 2.45) is 0 Å². The summed E-state index contributed by atoms with van der Waals surface area (Å²) in [6.45, 7) is 5.11. The summed E-state index contributed by atoms with van der Waals surface area (Å²) in [7, 11) is 1.62. The molecule has 1 atom stereocenters. The van der Waals surface area contributed by atoms with E-state index < -0.39 is 35.1 Å². The molecule has 0 aliphatic rings. The molecule has 4 N–H and O–H groups in total. The molecule has 2 aromatic carbocycles. The van der Waals surface area contributed by atoms with E-state index in [1.807, 2.05) is 0 Å². The van der Waals surface area contributed by atoms with E-state index in [1.54, 1.807) is 46.0 Å². The Morgan fingerprint density at radius 2 is 1.84 bits per heavy atom. The number of hydrogen-bond acceptors (Lipinski definition) is 8. The van der Waals surface area contributed by atoms with Gasteiger partial charge in [0.1, 0.15) is 5.82 Å². The van der Waals surface area contributed by atoms with Crippen molar-refractivity contribution < 1.29 is 27.9 Å². The molecule has 5 aromatic rings. The van der Waals surface area contributed by atoms with Crippen molar-refractivity contribution in [3.8, 4) is 17.3 Å². The molecule has 13 heteroatoms. The van der Waals surface area contributed by atoms with Crippen molar-refractivity contribution in [3.05, 3.63) is 88.9 Å². The summed E-state index contributed by atoms with van der Waals surface area (Å²) in [5.41, 5.74) is 9.24. The summed E-state index contributed by atoms with van der Waals surface area (Å²) in [6, 6.07) is 9.30. The van der Waals surface area contributed by atoms with Gasteiger partial charge in [0.15, 0.2) is 11.6 Å². The molecule has 0 radical (unpaired) electrons. The Labute approximate surface area is 244 Å². The molecule has 0 saturated carbocycles. The molecule has 0 aliphatic heterocycles. The Hall–Kier alpha value is -5.43. The number of pyridine rings is 1. The second-order valence-electron chi connectivity index (χ2n) is 9.88. The first-order valence-corrected chi connectivity index (χ1v) is 13.1. The van der Waals surface area contributed by atoms with Crippen LogP contribution in [0.4, 0.5) is 20.3 Å². The zero-order valence-electron chi connectivity index (χ0n) is 23.6. The second kappa shape index (κ2) is 11.4. The number of rotatable bonds is 9. The number of aryl methyl sites for hydroxylation is 2. The molecule has 0 spiro atoms. The number of nitrogens with zero attached hydrogens (tertiary/aromatic N) is 4. The number of imide groups is 1. The van der Waals surface area contributed by atoms with Crippen LogP contribution in [-0.4, -0.2) is 50.9 Å². The number of aromatic nitrogens is 4. The largest absolute Gasteiger partial charge is 0.433 e. The van der Waals surface area contributed by atoms with Crippen LogP contribution >= 0.6 is 0 Å². The number of anilines is 2. The van der Waals surface area contributed by atoms with Crippen LogP contribution in [0.25, 0.3) is 16.6 Å². The van der Waals surface area contributed by atoms with Gasteiger partial charge in [-0.2, -0.15) is 5.10 Å². The molecule has 3 aromatic heterocycles. The topological polar surface area (TPSA) is 148 Å². The fourth-order valence-corrected chi connectivity index (χ4v) is 4.58. The zero-order valence-corrected chi connectivity index (χ0v) is 23.6. The van der Waals surface area contributed by atoms with E-state index in [0.717, 1.165) is 17.0 Å². The maximum Gasteiger partial charge on any atom is 0.250 e. The quantitative estimate of drug-likeness (QED) is 0.170. The molecule has 43 heavy (non-hydrogen) atoms. The number of aromatic amines is 1. The summed E-state index contributed by atoms with van der Waals surface area (Å²) in [4.78, 5) is 46.2. The maximum atomic E-state index is 14.0. The minimum absolute atomic E-state index is 0.0398. The lowest BCUT2D eigenvalue weighted by molar-refractivity contribution is -0.123. The smallest absolute Gasteiger partial charge is 0.250 e. The molecule has 0 bridgehead atoms. The van der Waals surface area contributed by atoms with E-state index >= 15 is 0 Å². The number of hydrogen-bond donors (Lipinski definition) is 3. The van der Waals surface area contributed by atoms with Gasteiger partial charge in [0, 0.05) is 17.0 Å². The number of nitrogen functional groups attached to an aromatic ring is 1. The van der Waals surface area contributed by atoms with Crippen molar-refractivity contribution in [3.63, 3.8) is 0 Å². The van der Waals surface area contributed by atoms with Gasteiger partial charge in [0.25, 0.3) is 0 Å². The van der Waals surface area contributed by atoms with E-state index in [1.165, 1.54) is 29.2 Å². The molecule has 2 amide bonds. The molecule has 0 saturated heterocycles. The predicted octanol–water partition coefficient (Wildman–Crippen LogP) is 4.35. The first-order chi connectivity index (χ1) is 20.5. The minimum Gasteiger partial charge on any atom is -0.433 e. The predicted molar refractivity (Wildman–Crippen MR) is 155 cm³/mol. The van der Waals surface area contributed by atoms with Crippen molar-refractivity contribution in [2.75, 3.05) is 17.7 Å². The third-order valence-corrected chi connectivity index (χ3v) is 7.05. The molecule has 1 unspecified atom stereocenters. The zero-order chi connectivity index (χ0) is 31.0. The molecular weight excluding hydrogens is 560 g/mol. The van der Waals surface area contributed by atoms with Gasteiger partial charge in [-0.3, -0.25) is 19.3 Å².